The highest BCUT2D eigenvalue weighted by Crippen LogP contribution is 2.69. The van der Waals surface area contributed by atoms with E-state index in [4.69, 9.17) is 21.1 Å². The number of benzene rings is 2. The third kappa shape index (κ3) is 4.89. The van der Waals surface area contributed by atoms with E-state index in [2.05, 4.69) is 31.6 Å². The fourth-order valence-electron chi connectivity index (χ4n) is 5.63. The Labute approximate surface area is 213 Å². The predicted octanol–water partition coefficient (Wildman–Crippen LogP) is 5.57. The summed E-state index contributed by atoms with van der Waals surface area (Å²) in [6.07, 6.45) is 4.50. The lowest BCUT2D eigenvalue weighted by atomic mass is 9.38. The minimum absolute atomic E-state index is 0.00254. The van der Waals surface area contributed by atoms with Crippen LogP contribution in [0.2, 0.25) is 5.02 Å². The van der Waals surface area contributed by atoms with Crippen LogP contribution in [0.25, 0.3) is 0 Å². The number of nitrogens with one attached hydrogen (secondary N) is 1. The van der Waals surface area contributed by atoms with Crippen molar-refractivity contribution in [3.8, 4) is 17.6 Å². The van der Waals surface area contributed by atoms with E-state index in [-0.39, 0.29) is 22.5 Å². The second kappa shape index (κ2) is 8.99. The van der Waals surface area contributed by atoms with E-state index >= 15 is 0 Å². The maximum atomic E-state index is 11.6. The second-order valence-corrected chi connectivity index (χ2v) is 12.9. The average molecular weight is 517 g/mol. The fraction of sp³-hybridized carbons (Fsp3) is 0.519. The van der Waals surface area contributed by atoms with Crippen molar-refractivity contribution in [1.29, 1.82) is 5.26 Å². The summed E-state index contributed by atoms with van der Waals surface area (Å²) in [6.45, 7) is 8.78. The van der Waals surface area contributed by atoms with Gasteiger partial charge in [0.2, 0.25) is 10.0 Å². The van der Waals surface area contributed by atoms with Gasteiger partial charge in [-0.3, -0.25) is 0 Å². The van der Waals surface area contributed by atoms with Crippen LogP contribution in [0.3, 0.4) is 0 Å². The van der Waals surface area contributed by atoms with Crippen LogP contribution in [-0.4, -0.2) is 32.9 Å². The fourth-order valence-corrected chi connectivity index (χ4v) is 6.91. The Morgan fingerprint density at radius 3 is 2.34 bits per heavy atom. The Bertz CT molecular complexity index is 1250. The van der Waals surface area contributed by atoms with Crippen molar-refractivity contribution in [2.45, 2.75) is 70.4 Å². The normalized spacial score (nSPS) is 24.0. The van der Waals surface area contributed by atoms with Gasteiger partial charge >= 0.3 is 0 Å². The van der Waals surface area contributed by atoms with E-state index in [9.17, 15) is 13.7 Å². The van der Waals surface area contributed by atoms with Crippen LogP contribution in [0.5, 0.6) is 11.5 Å². The van der Waals surface area contributed by atoms with Crippen LogP contribution in [0.1, 0.15) is 70.1 Å². The molecule has 8 heteroatoms. The Hall–Kier alpha value is -2.27. The summed E-state index contributed by atoms with van der Waals surface area (Å²) in [4.78, 5) is 0. The molecule has 6 nitrogen and oxygen atoms in total. The second-order valence-electron chi connectivity index (χ2n) is 10.8. The molecule has 0 radical (unpaired) electrons. The zero-order valence-corrected chi connectivity index (χ0v) is 22.5. The number of nitrogens with zero attached hydrogens (tertiary/aromatic N) is 1. The molecule has 5 rings (SSSR count). The summed E-state index contributed by atoms with van der Waals surface area (Å²) in [6, 6.07) is 14.0. The summed E-state index contributed by atoms with van der Waals surface area (Å²) >= 11 is 6.50. The molecule has 3 saturated carbocycles. The molecule has 3 fully saturated rings. The number of sulfonamides is 1. The standard InChI is InChI=1S/C27H33ClN2O4S/c1-6-11-33-24-19(14-29)12-21(13-23(24)28)25(3,4)20-7-9-22(10-8-20)34-18(2)26-15-27(16-26,17-26)30-35(5,31)32/h7-10,12-13,18,30H,6,11,15-17H2,1-5H3. The van der Waals surface area contributed by atoms with Gasteiger partial charge in [0.05, 0.1) is 23.4 Å². The molecule has 2 bridgehead atoms. The summed E-state index contributed by atoms with van der Waals surface area (Å²) in [5.74, 6) is 1.22. The summed E-state index contributed by atoms with van der Waals surface area (Å²) < 4.78 is 37.9. The van der Waals surface area contributed by atoms with Gasteiger partial charge in [-0.1, -0.05) is 44.5 Å². The first-order valence-corrected chi connectivity index (χ1v) is 14.2. The summed E-state index contributed by atoms with van der Waals surface area (Å²) in [7, 11) is -3.20. The third-order valence-electron chi connectivity index (χ3n) is 7.56. The number of hydrogen-bond donors (Lipinski definition) is 1. The molecular weight excluding hydrogens is 484 g/mol. The van der Waals surface area contributed by atoms with Crippen molar-refractivity contribution in [3.63, 3.8) is 0 Å². The molecule has 1 unspecified atom stereocenters. The maximum absolute atomic E-state index is 11.6. The van der Waals surface area contributed by atoms with Crippen molar-refractivity contribution in [3.05, 3.63) is 58.1 Å². The number of halogens is 1. The van der Waals surface area contributed by atoms with Crippen molar-refractivity contribution in [1.82, 2.24) is 4.72 Å². The molecule has 1 N–H and O–H groups in total. The first-order valence-electron chi connectivity index (χ1n) is 12.0. The molecule has 2 aromatic rings. The lowest BCUT2D eigenvalue weighted by Crippen LogP contribution is -2.77. The Kier molecular flexibility index (Phi) is 6.63. The summed E-state index contributed by atoms with van der Waals surface area (Å²) in [5.41, 5.74) is 1.83. The van der Waals surface area contributed by atoms with Crippen LogP contribution in [0, 0.1) is 16.7 Å². The van der Waals surface area contributed by atoms with E-state index in [1.54, 1.807) is 0 Å². The van der Waals surface area contributed by atoms with Crippen molar-refractivity contribution in [2.24, 2.45) is 5.41 Å². The quantitative estimate of drug-likeness (QED) is 0.446. The van der Waals surface area contributed by atoms with Crippen molar-refractivity contribution in [2.75, 3.05) is 12.9 Å². The first-order chi connectivity index (χ1) is 16.3. The van der Waals surface area contributed by atoms with Crippen molar-refractivity contribution < 1.29 is 17.9 Å². The highest BCUT2D eigenvalue weighted by atomic mass is 35.5. The molecule has 0 heterocycles. The number of hydrogen-bond acceptors (Lipinski definition) is 5. The van der Waals surface area contributed by atoms with Crippen LogP contribution in [0.4, 0.5) is 0 Å². The van der Waals surface area contributed by atoms with E-state index in [0.29, 0.717) is 22.9 Å². The molecule has 0 aliphatic heterocycles. The van der Waals surface area contributed by atoms with Gasteiger partial charge < -0.3 is 9.47 Å². The number of ether oxygens (including phenoxy) is 2. The minimum Gasteiger partial charge on any atom is -0.491 e. The molecule has 3 aliphatic carbocycles. The van der Waals surface area contributed by atoms with Crippen LogP contribution < -0.4 is 14.2 Å². The smallest absolute Gasteiger partial charge is 0.209 e. The zero-order valence-electron chi connectivity index (χ0n) is 20.9. The molecular formula is C27H33ClN2O4S. The molecule has 0 amide bonds. The van der Waals surface area contributed by atoms with Gasteiger partial charge in [-0.05, 0) is 68.0 Å². The van der Waals surface area contributed by atoms with Gasteiger partial charge in [-0.25, -0.2) is 13.1 Å². The topological polar surface area (TPSA) is 88.4 Å². The largest absolute Gasteiger partial charge is 0.491 e. The Morgan fingerprint density at radius 2 is 1.80 bits per heavy atom. The van der Waals surface area contributed by atoms with Gasteiger partial charge in [-0.2, -0.15) is 5.26 Å². The lowest BCUT2D eigenvalue weighted by Gasteiger charge is -2.71. The molecule has 35 heavy (non-hydrogen) atoms. The molecule has 0 saturated heterocycles. The first kappa shape index (κ1) is 25.8. The van der Waals surface area contributed by atoms with Crippen LogP contribution >= 0.6 is 11.6 Å². The molecule has 0 aromatic heterocycles. The van der Waals surface area contributed by atoms with E-state index in [0.717, 1.165) is 42.6 Å². The van der Waals surface area contributed by atoms with Gasteiger partial charge in [0, 0.05) is 16.4 Å². The van der Waals surface area contributed by atoms with E-state index in [1.165, 1.54) is 6.26 Å². The van der Waals surface area contributed by atoms with E-state index < -0.39 is 10.0 Å². The van der Waals surface area contributed by atoms with Crippen molar-refractivity contribution >= 4 is 21.6 Å². The average Bonchev–Trinajstić information content (AvgIpc) is 2.73. The molecule has 2 aromatic carbocycles. The Morgan fingerprint density at radius 1 is 1.17 bits per heavy atom. The van der Waals surface area contributed by atoms with Crippen LogP contribution in [0.15, 0.2) is 36.4 Å². The number of nitriles is 1. The SMILES string of the molecule is CCCOc1c(Cl)cc(C(C)(C)c2ccc(OC(C)C34CC(NS(C)(=O)=O)(C3)C4)cc2)cc1C#N. The van der Waals surface area contributed by atoms with Gasteiger partial charge in [-0.15, -0.1) is 0 Å². The van der Waals surface area contributed by atoms with Gasteiger partial charge in [0.1, 0.15) is 17.9 Å². The predicted molar refractivity (Wildman–Crippen MR) is 138 cm³/mol. The molecule has 188 valence electrons. The highest BCUT2D eigenvalue weighted by Gasteiger charge is 2.71. The molecule has 0 spiro atoms. The number of rotatable bonds is 10. The molecule has 3 aliphatic rings. The minimum atomic E-state index is -3.20. The monoisotopic (exact) mass is 516 g/mol. The third-order valence-corrected chi connectivity index (χ3v) is 8.65. The van der Waals surface area contributed by atoms with Crippen LogP contribution in [-0.2, 0) is 15.4 Å². The Balaban J connectivity index is 1.45. The highest BCUT2D eigenvalue weighted by molar-refractivity contribution is 7.88. The summed E-state index contributed by atoms with van der Waals surface area (Å²) in [5, 5.41) is 10.1. The van der Waals surface area contributed by atoms with Gasteiger partial charge in [0.25, 0.3) is 0 Å². The van der Waals surface area contributed by atoms with Gasteiger partial charge in [0.15, 0.2) is 5.75 Å². The molecule has 1 atom stereocenters. The zero-order chi connectivity index (χ0) is 25.6. The lowest BCUT2D eigenvalue weighted by molar-refractivity contribution is -0.193. The van der Waals surface area contributed by atoms with E-state index in [1.807, 2.05) is 43.3 Å². The maximum Gasteiger partial charge on any atom is 0.209 e.